The molecule has 0 radical (unpaired) electrons. The van der Waals surface area contributed by atoms with Gasteiger partial charge in [-0.15, -0.1) is 0 Å². The highest BCUT2D eigenvalue weighted by molar-refractivity contribution is 5.98. The highest BCUT2D eigenvalue weighted by atomic mass is 19.4. The van der Waals surface area contributed by atoms with Crippen molar-refractivity contribution in [3.63, 3.8) is 0 Å². The van der Waals surface area contributed by atoms with Crippen molar-refractivity contribution < 1.29 is 25.1 Å². The van der Waals surface area contributed by atoms with Crippen molar-refractivity contribution in [2.24, 2.45) is 7.05 Å². The van der Waals surface area contributed by atoms with Gasteiger partial charge in [0, 0.05) is 36.9 Å². The minimum absolute atomic E-state index is 0.00659. The largest absolute Gasteiger partial charge is 0.416 e. The molecule has 5 rings (SSSR count). The molecular weight excluding hydrogens is 424 g/mol. The summed E-state index contributed by atoms with van der Waals surface area (Å²) in [5, 5.41) is 4.79. The van der Waals surface area contributed by atoms with E-state index < -0.39 is 42.1 Å². The molecule has 1 aliphatic rings. The predicted octanol–water partition coefficient (Wildman–Crippen LogP) is 4.95. The summed E-state index contributed by atoms with van der Waals surface area (Å²) in [5.41, 5.74) is -1.48. The minimum Gasteiger partial charge on any atom is -0.328 e. The lowest BCUT2D eigenvalue weighted by Gasteiger charge is -2.21. The van der Waals surface area contributed by atoms with E-state index >= 15 is 4.39 Å². The van der Waals surface area contributed by atoms with E-state index in [-0.39, 0.29) is 16.8 Å². The Bertz CT molecular complexity index is 1470. The molecule has 162 valence electrons. The summed E-state index contributed by atoms with van der Waals surface area (Å²) < 4.78 is 75.6. The van der Waals surface area contributed by atoms with Crippen LogP contribution in [0.3, 0.4) is 0 Å². The van der Waals surface area contributed by atoms with E-state index in [2.05, 4.69) is 10.1 Å². The second kappa shape index (κ2) is 7.15. The average Bonchev–Trinajstić information content (AvgIpc) is 3.24. The molecule has 0 atom stereocenters. The van der Waals surface area contributed by atoms with E-state index in [1.54, 1.807) is 31.4 Å². The fourth-order valence-electron chi connectivity index (χ4n) is 3.88. The van der Waals surface area contributed by atoms with E-state index in [4.69, 9.17) is 2.74 Å². The van der Waals surface area contributed by atoms with Crippen molar-refractivity contribution in [1.29, 1.82) is 0 Å². The van der Waals surface area contributed by atoms with E-state index in [0.717, 1.165) is 12.1 Å². The number of carbonyl (C=O) groups excluding carboxylic acids is 1. The number of benzene rings is 2. The van der Waals surface area contributed by atoms with Gasteiger partial charge in [0.2, 0.25) is 0 Å². The number of alkyl halides is 3. The SMILES string of the molecule is [2H]C1([2H])c2ncccc2C(=O)N1Cc1c(F)cc(-c2cccc3nn(C)cc23)cc1C(F)(F)F. The molecule has 1 amide bonds. The number of aromatic nitrogens is 3. The quantitative estimate of drug-likeness (QED) is 0.422. The van der Waals surface area contributed by atoms with Crippen LogP contribution in [0.25, 0.3) is 22.0 Å². The number of rotatable bonds is 3. The number of aryl methyl sites for hydroxylation is 1. The van der Waals surface area contributed by atoms with Gasteiger partial charge in [-0.1, -0.05) is 12.1 Å². The molecule has 4 aromatic rings. The molecule has 0 saturated heterocycles. The molecule has 0 unspecified atom stereocenters. The molecule has 0 aliphatic carbocycles. The van der Waals surface area contributed by atoms with E-state index in [1.165, 1.54) is 23.0 Å². The predicted molar refractivity (Wildman–Crippen MR) is 109 cm³/mol. The topological polar surface area (TPSA) is 51.0 Å². The maximum absolute atomic E-state index is 15.3. The maximum Gasteiger partial charge on any atom is 0.416 e. The first-order valence-electron chi connectivity index (χ1n) is 10.6. The lowest BCUT2D eigenvalue weighted by molar-refractivity contribution is -0.138. The summed E-state index contributed by atoms with van der Waals surface area (Å²) in [4.78, 5) is 17.2. The third-order valence-electron chi connectivity index (χ3n) is 5.32. The van der Waals surface area contributed by atoms with Gasteiger partial charge in [0.1, 0.15) is 5.82 Å². The Morgan fingerprint density at radius 1 is 1.16 bits per heavy atom. The highest BCUT2D eigenvalue weighted by Gasteiger charge is 2.37. The molecular formula is C23H16F4N4O. The molecule has 0 N–H and O–H groups in total. The molecule has 0 fully saturated rings. The number of halogens is 4. The van der Waals surface area contributed by atoms with Gasteiger partial charge in [-0.3, -0.25) is 14.5 Å². The first-order chi connectivity index (χ1) is 16.0. The Kier molecular flexibility index (Phi) is 4.00. The van der Waals surface area contributed by atoms with Crippen LogP contribution in [0, 0.1) is 5.82 Å². The van der Waals surface area contributed by atoms with Gasteiger partial charge in [0.15, 0.2) is 0 Å². The van der Waals surface area contributed by atoms with Gasteiger partial charge < -0.3 is 4.90 Å². The van der Waals surface area contributed by atoms with Crippen molar-refractivity contribution in [1.82, 2.24) is 19.7 Å². The third-order valence-corrected chi connectivity index (χ3v) is 5.32. The zero-order valence-corrected chi connectivity index (χ0v) is 16.6. The van der Waals surface area contributed by atoms with Gasteiger partial charge >= 0.3 is 6.18 Å². The van der Waals surface area contributed by atoms with Crippen molar-refractivity contribution in [3.05, 3.63) is 83.1 Å². The number of amides is 1. The van der Waals surface area contributed by atoms with E-state index in [1.807, 2.05) is 0 Å². The number of fused-ring (bicyclic) bond motifs is 2. The van der Waals surface area contributed by atoms with Crippen LogP contribution in [0.4, 0.5) is 17.6 Å². The van der Waals surface area contributed by atoms with Crippen LogP contribution in [-0.2, 0) is 26.3 Å². The van der Waals surface area contributed by atoms with Crippen LogP contribution in [0.1, 0.15) is 29.9 Å². The molecule has 1 aliphatic heterocycles. The molecule has 0 saturated carbocycles. The van der Waals surface area contributed by atoms with Crippen molar-refractivity contribution >= 4 is 16.8 Å². The van der Waals surface area contributed by atoms with Gasteiger partial charge in [0.05, 0.1) is 31.6 Å². The summed E-state index contributed by atoms with van der Waals surface area (Å²) >= 11 is 0. The Morgan fingerprint density at radius 3 is 2.69 bits per heavy atom. The molecule has 2 aromatic carbocycles. The number of hydrogen-bond donors (Lipinski definition) is 0. The zero-order valence-electron chi connectivity index (χ0n) is 18.6. The summed E-state index contributed by atoms with van der Waals surface area (Å²) in [6.07, 6.45) is -2.04. The average molecular weight is 442 g/mol. The monoisotopic (exact) mass is 442 g/mol. The molecule has 32 heavy (non-hydrogen) atoms. The van der Waals surface area contributed by atoms with E-state index in [9.17, 15) is 18.0 Å². The van der Waals surface area contributed by atoms with Crippen LogP contribution in [0.15, 0.2) is 54.9 Å². The lowest BCUT2D eigenvalue weighted by atomic mass is 9.96. The number of carbonyl (C=O) groups is 1. The van der Waals surface area contributed by atoms with Crippen molar-refractivity contribution in [2.45, 2.75) is 19.2 Å². The Labute approximate surface area is 182 Å². The maximum atomic E-state index is 15.3. The molecule has 3 heterocycles. The first kappa shape index (κ1) is 17.9. The summed E-state index contributed by atoms with van der Waals surface area (Å²) in [7, 11) is 1.67. The Hall–Kier alpha value is -3.75. The van der Waals surface area contributed by atoms with Crippen LogP contribution >= 0.6 is 0 Å². The first-order valence-corrected chi connectivity index (χ1v) is 9.58. The van der Waals surface area contributed by atoms with Crippen LogP contribution in [-0.4, -0.2) is 25.6 Å². The zero-order chi connectivity index (χ0) is 24.4. The van der Waals surface area contributed by atoms with Gasteiger partial charge in [-0.2, -0.15) is 18.3 Å². The molecule has 0 spiro atoms. The summed E-state index contributed by atoms with van der Waals surface area (Å²) in [6.45, 7) is -3.41. The van der Waals surface area contributed by atoms with Crippen LogP contribution < -0.4 is 0 Å². The molecule has 9 heteroatoms. The normalized spacial score (nSPS) is 16.3. The second-order valence-corrected chi connectivity index (χ2v) is 7.43. The second-order valence-electron chi connectivity index (χ2n) is 7.43. The Balaban J connectivity index is 1.64. The number of hydrogen-bond acceptors (Lipinski definition) is 3. The van der Waals surface area contributed by atoms with Crippen LogP contribution in [0.2, 0.25) is 0 Å². The minimum atomic E-state index is -4.95. The Morgan fingerprint density at radius 2 is 1.94 bits per heavy atom. The van der Waals surface area contributed by atoms with Crippen molar-refractivity contribution in [3.8, 4) is 11.1 Å². The van der Waals surface area contributed by atoms with Gasteiger partial charge in [-0.25, -0.2) is 4.39 Å². The fourth-order valence-corrected chi connectivity index (χ4v) is 3.88. The van der Waals surface area contributed by atoms with Crippen molar-refractivity contribution in [2.75, 3.05) is 0 Å². The van der Waals surface area contributed by atoms with Gasteiger partial charge in [-0.05, 0) is 41.5 Å². The summed E-state index contributed by atoms with van der Waals surface area (Å²) in [5.74, 6) is -2.05. The van der Waals surface area contributed by atoms with Crippen LogP contribution in [0.5, 0.6) is 0 Å². The molecule has 0 bridgehead atoms. The van der Waals surface area contributed by atoms with E-state index in [0.29, 0.717) is 21.4 Å². The highest BCUT2D eigenvalue weighted by Crippen LogP contribution is 2.39. The lowest BCUT2D eigenvalue weighted by Crippen LogP contribution is -2.26. The third kappa shape index (κ3) is 3.30. The molecule has 2 aromatic heterocycles. The summed E-state index contributed by atoms with van der Waals surface area (Å²) in [6, 6.07) is 9.43. The van der Waals surface area contributed by atoms with Gasteiger partial charge in [0.25, 0.3) is 5.91 Å². The fraction of sp³-hybridized carbons (Fsp3) is 0.174. The molecule has 5 nitrogen and oxygen atoms in total. The smallest absolute Gasteiger partial charge is 0.328 e. The number of pyridine rings is 1. The number of nitrogens with zero attached hydrogens (tertiary/aromatic N) is 4. The standard InChI is InChI=1S/C23H16F4N4O/c1-30-10-16-14(4-2-6-20(16)29-30)13-8-18(23(25,26)27)17(19(24)9-13)11-31-12-21-15(22(31)32)5-3-7-28-21/h2-10H,11-12H2,1H3/i12D2.